The molecule has 2 aliphatic rings. The predicted octanol–water partition coefficient (Wildman–Crippen LogP) is 26.9. The van der Waals surface area contributed by atoms with Gasteiger partial charge in [-0.15, -0.1) is 0 Å². The van der Waals surface area contributed by atoms with Crippen LogP contribution in [0, 0.1) is 0 Å². The fourth-order valence-electron chi connectivity index (χ4n) is 15.8. The van der Waals surface area contributed by atoms with Crippen molar-refractivity contribution in [3.8, 4) is 44.5 Å². The number of para-hydroxylation sites is 1. The second-order valence-corrected chi connectivity index (χ2v) is 37.3. The molecule has 13 aromatic rings. The first-order valence-electron chi connectivity index (χ1n) is 38.1. The summed E-state index contributed by atoms with van der Waals surface area (Å²) < 4.78 is 6.65. The number of furan rings is 1. The Bertz CT molecular complexity index is 5080. The summed E-state index contributed by atoms with van der Waals surface area (Å²) in [6, 6.07) is 96.7. The van der Waals surface area contributed by atoms with Gasteiger partial charge in [0.15, 0.2) is 0 Å². The summed E-state index contributed by atoms with van der Waals surface area (Å²) in [5.74, 6) is 0. The van der Waals surface area contributed by atoms with Gasteiger partial charge >= 0.3 is 0 Å². The van der Waals surface area contributed by atoms with Crippen LogP contribution in [0.3, 0.4) is 0 Å². The summed E-state index contributed by atoms with van der Waals surface area (Å²) in [5, 5.41) is 2.16. The van der Waals surface area contributed by atoms with Gasteiger partial charge < -0.3 is 19.1 Å². The highest BCUT2D eigenvalue weighted by atomic mass is 16.3. The molecule has 3 heterocycles. The standard InChI is InChI=1S/C100H104BN3O/c1-94(2,3)71-34-26-63(27-35-71)67-52-68(64-28-36-72(37-29-64)95(4,5)6)55-80(54-67)103-87-49-44-76(99(16,17)18)58-85(87)101-86-59-77(100(19,20)21)45-50-88(86)104(81-56-69(65-30-38-73(39-31-65)96(7,8)9)53-70(57-81)66-32-40-74(41-33-66)97(10,11)12)90-62-82(61-89(103)93(90)101)102(78-46-42-75(43-47-78)98(13,14)15)79-48-51-92-84(60-79)83-24-22-23-25-91(83)105-92/h22-62H,1-21H3. The largest absolute Gasteiger partial charge is 0.456 e. The predicted molar refractivity (Wildman–Crippen MR) is 455 cm³/mol. The molecule has 12 aromatic carbocycles. The maximum absolute atomic E-state index is 6.65. The molecular weight excluding hydrogens is 1270 g/mol. The zero-order valence-corrected chi connectivity index (χ0v) is 66.0. The van der Waals surface area contributed by atoms with Crippen molar-refractivity contribution >= 4 is 96.2 Å². The fourth-order valence-corrected chi connectivity index (χ4v) is 15.8. The Balaban J connectivity index is 1.10. The zero-order chi connectivity index (χ0) is 74.4. The first kappa shape index (κ1) is 70.6. The van der Waals surface area contributed by atoms with E-state index in [2.05, 4.69) is 409 Å². The van der Waals surface area contributed by atoms with E-state index in [0.29, 0.717) is 0 Å². The third kappa shape index (κ3) is 13.3. The van der Waals surface area contributed by atoms with Gasteiger partial charge in [-0.05, 0) is 235 Å². The molecule has 1 aromatic heterocycles. The monoisotopic (exact) mass is 1370 g/mol. The highest BCUT2D eigenvalue weighted by molar-refractivity contribution is 7.00. The van der Waals surface area contributed by atoms with Crippen LogP contribution in [0.15, 0.2) is 253 Å². The maximum atomic E-state index is 6.65. The van der Waals surface area contributed by atoms with Gasteiger partial charge in [-0.1, -0.05) is 297 Å². The lowest BCUT2D eigenvalue weighted by molar-refractivity contribution is 0.590. The normalized spacial score (nSPS) is 13.5. The van der Waals surface area contributed by atoms with E-state index in [1.807, 2.05) is 0 Å². The van der Waals surface area contributed by atoms with Gasteiger partial charge in [-0.25, -0.2) is 0 Å². The minimum Gasteiger partial charge on any atom is -0.456 e. The Morgan fingerprint density at radius 3 is 0.914 bits per heavy atom. The van der Waals surface area contributed by atoms with Crippen molar-refractivity contribution in [1.82, 2.24) is 0 Å². The van der Waals surface area contributed by atoms with E-state index in [1.54, 1.807) is 0 Å². The molecule has 0 bridgehead atoms. The lowest BCUT2D eigenvalue weighted by atomic mass is 9.33. The molecule has 0 N–H and O–H groups in total. The van der Waals surface area contributed by atoms with E-state index in [9.17, 15) is 0 Å². The van der Waals surface area contributed by atoms with Crippen LogP contribution in [0.2, 0.25) is 0 Å². The number of hydrogen-bond acceptors (Lipinski definition) is 4. The molecule has 528 valence electrons. The van der Waals surface area contributed by atoms with E-state index in [4.69, 9.17) is 4.42 Å². The minimum atomic E-state index is -0.186. The molecule has 0 aliphatic carbocycles. The van der Waals surface area contributed by atoms with Crippen molar-refractivity contribution in [3.63, 3.8) is 0 Å². The molecule has 2 aliphatic heterocycles. The number of rotatable bonds is 9. The first-order valence-corrected chi connectivity index (χ1v) is 38.1. The zero-order valence-electron chi connectivity index (χ0n) is 66.0. The summed E-state index contributed by atoms with van der Waals surface area (Å²) >= 11 is 0. The smallest absolute Gasteiger partial charge is 0.252 e. The summed E-state index contributed by atoms with van der Waals surface area (Å²) in [4.78, 5) is 7.82. The Kier molecular flexibility index (Phi) is 17.0. The summed E-state index contributed by atoms with van der Waals surface area (Å²) in [7, 11) is 0. The molecule has 0 amide bonds. The Labute approximate surface area is 626 Å². The summed E-state index contributed by atoms with van der Waals surface area (Å²) in [6.45, 7) is 48.6. The van der Waals surface area contributed by atoms with E-state index in [0.717, 1.165) is 95.4 Å². The molecule has 0 spiro atoms. The van der Waals surface area contributed by atoms with Crippen LogP contribution in [0.1, 0.15) is 184 Å². The molecule has 0 atom stereocenters. The second-order valence-electron chi connectivity index (χ2n) is 37.3. The molecular formula is C100H104BN3O. The van der Waals surface area contributed by atoms with Crippen LogP contribution in [0.5, 0.6) is 0 Å². The van der Waals surface area contributed by atoms with Gasteiger partial charge in [0.2, 0.25) is 0 Å². The van der Waals surface area contributed by atoms with Crippen molar-refractivity contribution in [2.45, 2.75) is 183 Å². The SMILES string of the molecule is CC(C)(C)c1ccc(-c2cc(-c3ccc(C(C)(C)C)cc3)cc(N3c4ccc(C(C)(C)C)cc4B4c5cc(C(C)(C)C)ccc5N(c5cc(-c6ccc(C(C)(C)C)cc6)cc(-c6ccc(C(C)(C)C)cc6)c5)c5cc(N(c6ccc(C(C)(C)C)cc6)c6ccc7oc8ccccc8c7c6)cc3c54)c2)cc1. The van der Waals surface area contributed by atoms with Crippen LogP contribution in [-0.2, 0) is 37.9 Å². The Hall–Kier alpha value is -10.1. The fraction of sp³-hybridized carbons (Fsp3) is 0.280. The molecule has 0 saturated carbocycles. The molecule has 4 nitrogen and oxygen atoms in total. The number of benzene rings is 12. The van der Waals surface area contributed by atoms with Crippen molar-refractivity contribution in [2.24, 2.45) is 0 Å². The van der Waals surface area contributed by atoms with Gasteiger partial charge in [0.25, 0.3) is 6.71 Å². The molecule has 0 fully saturated rings. The van der Waals surface area contributed by atoms with Gasteiger partial charge in [-0.2, -0.15) is 0 Å². The van der Waals surface area contributed by atoms with Gasteiger partial charge in [0, 0.05) is 56.3 Å². The molecule has 0 radical (unpaired) electrons. The van der Waals surface area contributed by atoms with E-state index in [1.165, 1.54) is 77.6 Å². The van der Waals surface area contributed by atoms with Crippen molar-refractivity contribution in [2.75, 3.05) is 14.7 Å². The van der Waals surface area contributed by atoms with Crippen molar-refractivity contribution < 1.29 is 4.42 Å². The van der Waals surface area contributed by atoms with Gasteiger partial charge in [0.05, 0.1) is 5.69 Å². The van der Waals surface area contributed by atoms with E-state index >= 15 is 0 Å². The third-order valence-corrected chi connectivity index (χ3v) is 22.3. The molecule has 105 heavy (non-hydrogen) atoms. The average Bonchev–Trinajstić information content (AvgIpc) is 0.934. The summed E-state index contributed by atoms with van der Waals surface area (Å²) in [6.07, 6.45) is 0. The third-order valence-electron chi connectivity index (χ3n) is 22.3. The Morgan fingerprint density at radius 1 is 0.248 bits per heavy atom. The van der Waals surface area contributed by atoms with Crippen molar-refractivity contribution in [1.29, 1.82) is 0 Å². The number of anilines is 9. The van der Waals surface area contributed by atoms with Crippen LogP contribution >= 0.6 is 0 Å². The number of fused-ring (bicyclic) bond motifs is 7. The first-order chi connectivity index (χ1) is 49.4. The lowest BCUT2D eigenvalue weighted by Crippen LogP contribution is -2.61. The van der Waals surface area contributed by atoms with Crippen LogP contribution < -0.4 is 31.1 Å². The van der Waals surface area contributed by atoms with Crippen LogP contribution in [0.25, 0.3) is 66.4 Å². The quantitative estimate of drug-likeness (QED) is 0.134. The highest BCUT2D eigenvalue weighted by Crippen LogP contribution is 2.52. The lowest BCUT2D eigenvalue weighted by Gasteiger charge is -2.46. The number of nitrogens with zero attached hydrogens (tertiary/aromatic N) is 3. The molecule has 0 saturated heterocycles. The molecule has 5 heteroatoms. The minimum absolute atomic E-state index is 0.0105. The molecule has 0 unspecified atom stereocenters. The number of hydrogen-bond donors (Lipinski definition) is 0. The second kappa shape index (κ2) is 25.3. The van der Waals surface area contributed by atoms with Crippen molar-refractivity contribution in [3.05, 3.63) is 288 Å². The van der Waals surface area contributed by atoms with Gasteiger partial charge in [-0.3, -0.25) is 0 Å². The van der Waals surface area contributed by atoms with Gasteiger partial charge in [0.1, 0.15) is 11.2 Å². The topological polar surface area (TPSA) is 22.9 Å². The molecule has 15 rings (SSSR count). The van der Waals surface area contributed by atoms with E-state index in [-0.39, 0.29) is 44.6 Å². The average molecular weight is 1370 g/mol. The van der Waals surface area contributed by atoms with Crippen LogP contribution in [-0.4, -0.2) is 6.71 Å². The van der Waals surface area contributed by atoms with Crippen LogP contribution in [0.4, 0.5) is 51.2 Å². The maximum Gasteiger partial charge on any atom is 0.252 e. The summed E-state index contributed by atoms with van der Waals surface area (Å²) in [5.41, 5.74) is 33.3. The van der Waals surface area contributed by atoms with E-state index < -0.39 is 0 Å². The Morgan fingerprint density at radius 2 is 0.562 bits per heavy atom. The highest BCUT2D eigenvalue weighted by Gasteiger charge is 2.46.